The fourth-order valence-corrected chi connectivity index (χ4v) is 8.14. The van der Waals surface area contributed by atoms with E-state index < -0.39 is 28.1 Å². The van der Waals surface area contributed by atoms with Gasteiger partial charge in [0.25, 0.3) is 0 Å². The Balaban J connectivity index is 6.55. The highest BCUT2D eigenvalue weighted by molar-refractivity contribution is 6.79. The fraction of sp³-hybridized carbons (Fsp3) is 0.750. The molecule has 0 heterocycles. The van der Waals surface area contributed by atoms with Crippen LogP contribution in [0.1, 0.15) is 26.7 Å². The van der Waals surface area contributed by atoms with Crippen LogP contribution in [0.2, 0.25) is 50.4 Å². The lowest BCUT2D eigenvalue weighted by molar-refractivity contribution is -0.136. The summed E-state index contributed by atoms with van der Waals surface area (Å²) in [6.07, 6.45) is 1.35. The second kappa shape index (κ2) is 7.59. The molecular formula is C16H32O4Si2. The van der Waals surface area contributed by atoms with Gasteiger partial charge in [-0.05, 0) is 11.1 Å². The maximum absolute atomic E-state index is 12.0. The van der Waals surface area contributed by atoms with Gasteiger partial charge in [-0.15, -0.1) is 0 Å². The van der Waals surface area contributed by atoms with Crippen molar-refractivity contribution in [1.82, 2.24) is 0 Å². The Hall–Kier alpha value is -0.886. The zero-order chi connectivity index (χ0) is 17.9. The highest BCUT2D eigenvalue weighted by Crippen LogP contribution is 2.42. The Morgan fingerprint density at radius 3 is 1.05 bits per heavy atom. The monoisotopic (exact) mass is 344 g/mol. The van der Waals surface area contributed by atoms with Gasteiger partial charge in [-0.3, -0.25) is 0 Å². The van der Waals surface area contributed by atoms with Gasteiger partial charge < -0.3 is 10.2 Å². The first-order valence-corrected chi connectivity index (χ1v) is 15.1. The van der Waals surface area contributed by atoms with Crippen LogP contribution < -0.4 is 0 Å². The van der Waals surface area contributed by atoms with Crippen LogP contribution in [0.4, 0.5) is 0 Å². The Kier molecular flexibility index (Phi) is 7.28. The Bertz CT molecular complexity index is 414. The van der Waals surface area contributed by atoms with E-state index in [-0.39, 0.29) is 22.2 Å². The minimum Gasteiger partial charge on any atom is -0.478 e. The summed E-state index contributed by atoms with van der Waals surface area (Å²) >= 11 is 0. The van der Waals surface area contributed by atoms with Gasteiger partial charge in [-0.25, -0.2) is 9.59 Å². The predicted octanol–water partition coefficient (Wildman–Crippen LogP) is 4.69. The summed E-state index contributed by atoms with van der Waals surface area (Å²) in [6.45, 7) is 16.6. The molecule has 0 saturated heterocycles. The van der Waals surface area contributed by atoms with Gasteiger partial charge in [0.15, 0.2) is 0 Å². The van der Waals surface area contributed by atoms with Gasteiger partial charge in [0.1, 0.15) is 0 Å². The van der Waals surface area contributed by atoms with E-state index in [0.717, 1.165) is 0 Å². The van der Waals surface area contributed by atoms with Gasteiger partial charge in [0, 0.05) is 11.1 Å². The van der Waals surface area contributed by atoms with Crippen molar-refractivity contribution in [1.29, 1.82) is 0 Å². The van der Waals surface area contributed by atoms with E-state index in [9.17, 15) is 19.8 Å². The Morgan fingerprint density at radius 1 is 0.727 bits per heavy atom. The smallest absolute Gasteiger partial charge is 0.332 e. The molecule has 2 unspecified atom stereocenters. The number of rotatable bonds is 8. The van der Waals surface area contributed by atoms with E-state index in [1.165, 1.54) is 0 Å². The molecule has 22 heavy (non-hydrogen) atoms. The topological polar surface area (TPSA) is 74.6 Å². The van der Waals surface area contributed by atoms with Crippen molar-refractivity contribution in [2.45, 2.75) is 77.1 Å². The average molecular weight is 345 g/mol. The lowest BCUT2D eigenvalue weighted by Crippen LogP contribution is -2.37. The molecule has 0 rings (SSSR count). The SMILES string of the molecule is CCC(/C(C(=O)O)=C(\C(=O)O)C(CC)[Si](C)(C)C)[Si](C)(C)C. The van der Waals surface area contributed by atoms with Crippen LogP contribution in [0.25, 0.3) is 0 Å². The second-order valence-electron chi connectivity index (χ2n) is 8.09. The van der Waals surface area contributed by atoms with Gasteiger partial charge in [-0.2, -0.15) is 0 Å². The maximum Gasteiger partial charge on any atom is 0.332 e. The van der Waals surface area contributed by atoms with Crippen LogP contribution in [0, 0.1) is 0 Å². The van der Waals surface area contributed by atoms with Crippen LogP contribution in [0.5, 0.6) is 0 Å². The number of carboxylic acid groups (broad SMARTS) is 2. The standard InChI is InChI=1S/C16H32O4Si2/c1-9-11(21(3,4)5)13(15(17)18)14(16(19)20)12(10-2)22(6,7)8/h11-12H,9-10H2,1-8H3,(H,17,18)(H,19,20)/b14-13+. The maximum atomic E-state index is 12.0. The van der Waals surface area contributed by atoms with Crippen molar-refractivity contribution in [2.75, 3.05) is 0 Å². The van der Waals surface area contributed by atoms with Gasteiger partial charge >= 0.3 is 11.9 Å². The molecule has 0 saturated carbocycles. The molecule has 2 atom stereocenters. The highest BCUT2D eigenvalue weighted by Gasteiger charge is 2.40. The minimum absolute atomic E-state index is 0.138. The molecular weight excluding hydrogens is 312 g/mol. The van der Waals surface area contributed by atoms with Crippen LogP contribution in [0.3, 0.4) is 0 Å². The quantitative estimate of drug-likeness (QED) is 0.495. The number of hydrogen-bond acceptors (Lipinski definition) is 2. The number of carboxylic acids is 2. The first kappa shape index (κ1) is 21.1. The summed E-state index contributed by atoms with van der Waals surface area (Å²) in [6, 6.07) is 0. The van der Waals surface area contributed by atoms with E-state index in [0.29, 0.717) is 12.8 Å². The van der Waals surface area contributed by atoms with Gasteiger partial charge in [0.2, 0.25) is 0 Å². The normalized spacial score (nSPS) is 16.7. The average Bonchev–Trinajstić information content (AvgIpc) is 2.29. The largest absolute Gasteiger partial charge is 0.478 e. The summed E-state index contributed by atoms with van der Waals surface area (Å²) in [5, 5.41) is 19.6. The molecule has 0 aromatic rings. The van der Waals surface area contributed by atoms with Crippen molar-refractivity contribution < 1.29 is 19.8 Å². The molecule has 0 aliphatic carbocycles. The summed E-state index contributed by atoms with van der Waals surface area (Å²) in [5.41, 5.74) is 0.0647. The highest BCUT2D eigenvalue weighted by atomic mass is 28.3. The molecule has 0 aliphatic heterocycles. The van der Waals surface area contributed by atoms with E-state index in [4.69, 9.17) is 0 Å². The third-order valence-electron chi connectivity index (χ3n) is 4.36. The van der Waals surface area contributed by atoms with E-state index in [1.807, 2.05) is 13.8 Å². The summed E-state index contributed by atoms with van der Waals surface area (Å²) in [7, 11) is -3.65. The predicted molar refractivity (Wildman–Crippen MR) is 97.1 cm³/mol. The molecule has 0 aromatic carbocycles. The molecule has 128 valence electrons. The third-order valence-corrected chi connectivity index (χ3v) is 9.93. The zero-order valence-corrected chi connectivity index (χ0v) is 17.3. The first-order valence-electron chi connectivity index (χ1n) is 7.99. The van der Waals surface area contributed by atoms with Crippen LogP contribution in [-0.4, -0.2) is 38.3 Å². The van der Waals surface area contributed by atoms with Crippen molar-refractivity contribution in [3.05, 3.63) is 11.1 Å². The Morgan fingerprint density at radius 2 is 0.955 bits per heavy atom. The summed E-state index contributed by atoms with van der Waals surface area (Å²) in [4.78, 5) is 23.9. The van der Waals surface area contributed by atoms with Crippen molar-refractivity contribution in [2.24, 2.45) is 0 Å². The molecule has 4 nitrogen and oxygen atoms in total. The van der Waals surface area contributed by atoms with Crippen molar-refractivity contribution in [3.63, 3.8) is 0 Å². The van der Waals surface area contributed by atoms with E-state index >= 15 is 0 Å². The number of aliphatic carboxylic acids is 2. The van der Waals surface area contributed by atoms with Gasteiger partial charge in [-0.1, -0.05) is 66.0 Å². The molecule has 2 N–H and O–H groups in total. The molecule has 0 spiro atoms. The van der Waals surface area contributed by atoms with E-state index in [1.54, 1.807) is 0 Å². The summed E-state index contributed by atoms with van der Waals surface area (Å²) < 4.78 is 0. The number of hydrogen-bond donors (Lipinski definition) is 2. The van der Waals surface area contributed by atoms with Crippen molar-refractivity contribution in [3.8, 4) is 0 Å². The van der Waals surface area contributed by atoms with Crippen LogP contribution in [0.15, 0.2) is 11.1 Å². The molecule has 0 bridgehead atoms. The minimum atomic E-state index is -1.83. The van der Waals surface area contributed by atoms with Crippen molar-refractivity contribution >= 4 is 28.1 Å². The summed E-state index contributed by atoms with van der Waals surface area (Å²) in [5.74, 6) is -2.10. The lowest BCUT2D eigenvalue weighted by atomic mass is 9.98. The molecule has 6 heteroatoms. The number of carbonyl (C=O) groups is 2. The lowest BCUT2D eigenvalue weighted by Gasteiger charge is -2.34. The second-order valence-corrected chi connectivity index (χ2v) is 18.9. The zero-order valence-electron chi connectivity index (χ0n) is 15.3. The molecule has 0 amide bonds. The Labute approximate surface area is 136 Å². The first-order chi connectivity index (χ1) is 9.78. The fourth-order valence-electron chi connectivity index (χ4n) is 3.40. The molecule has 0 fully saturated rings. The third kappa shape index (κ3) is 5.09. The van der Waals surface area contributed by atoms with Gasteiger partial charge in [0.05, 0.1) is 16.1 Å². The molecule has 0 radical (unpaired) electrons. The van der Waals surface area contributed by atoms with Crippen LogP contribution in [-0.2, 0) is 9.59 Å². The van der Waals surface area contributed by atoms with Crippen LogP contribution >= 0.6 is 0 Å². The molecule has 0 aromatic heterocycles. The molecule has 0 aliphatic rings. The van der Waals surface area contributed by atoms with E-state index in [2.05, 4.69) is 39.3 Å².